The number of anilines is 2. The molecule has 0 saturated carbocycles. The second-order valence-corrected chi connectivity index (χ2v) is 9.11. The number of benzene rings is 2. The summed E-state index contributed by atoms with van der Waals surface area (Å²) in [5, 5.41) is 8.80. The van der Waals surface area contributed by atoms with E-state index in [9.17, 15) is 14.4 Å². The molecule has 3 amide bonds. The van der Waals surface area contributed by atoms with Gasteiger partial charge in [-0.25, -0.2) is 0 Å². The topological polar surface area (TPSA) is 99.8 Å². The molecule has 2 aromatic carbocycles. The van der Waals surface area contributed by atoms with Crippen molar-refractivity contribution in [1.29, 1.82) is 0 Å². The molecule has 0 aliphatic carbocycles. The first-order chi connectivity index (χ1) is 17.1. The van der Waals surface area contributed by atoms with E-state index in [4.69, 9.17) is 4.74 Å². The summed E-state index contributed by atoms with van der Waals surface area (Å²) in [4.78, 5) is 39.5. The fourth-order valence-corrected chi connectivity index (χ4v) is 4.42. The van der Waals surface area contributed by atoms with E-state index in [1.165, 1.54) is 12.8 Å². The molecule has 2 heterocycles. The average molecular weight is 479 g/mol. The minimum absolute atomic E-state index is 0.0473. The lowest BCUT2D eigenvalue weighted by atomic mass is 10.1. The van der Waals surface area contributed by atoms with Crippen molar-refractivity contribution in [3.8, 4) is 0 Å². The molecular formula is C27H34N4O4. The summed E-state index contributed by atoms with van der Waals surface area (Å²) >= 11 is 0. The fourth-order valence-electron chi connectivity index (χ4n) is 4.42. The van der Waals surface area contributed by atoms with Crippen LogP contribution in [0.3, 0.4) is 0 Å². The first-order valence-electron chi connectivity index (χ1n) is 12.5. The van der Waals surface area contributed by atoms with Crippen LogP contribution in [0.4, 0.5) is 11.4 Å². The molecule has 3 N–H and O–H groups in total. The van der Waals surface area contributed by atoms with Crippen LogP contribution in [0.25, 0.3) is 0 Å². The Balaban J connectivity index is 1.24. The molecule has 0 bridgehead atoms. The molecule has 2 fully saturated rings. The lowest BCUT2D eigenvalue weighted by Gasteiger charge is -2.20. The standard InChI is InChI=1S/C27H34N4O4/c32-25(30-22-12-10-20(11-13-22)27(34)31-14-3-1-2-4-15-31)19-28-23-8-5-7-21(17-23)26(33)29-18-24-9-6-16-35-24/h5,7-8,10-13,17,24,28H,1-4,6,9,14-16,18-19H2,(H,29,33)(H,30,32). The molecule has 1 unspecified atom stereocenters. The molecule has 1 atom stereocenters. The predicted octanol–water partition coefficient (Wildman–Crippen LogP) is 3.66. The summed E-state index contributed by atoms with van der Waals surface area (Å²) in [6.07, 6.45) is 6.54. The van der Waals surface area contributed by atoms with Crippen LogP contribution >= 0.6 is 0 Å². The summed E-state index contributed by atoms with van der Waals surface area (Å²) in [6, 6.07) is 14.1. The third-order valence-electron chi connectivity index (χ3n) is 6.40. The molecule has 8 nitrogen and oxygen atoms in total. The largest absolute Gasteiger partial charge is 0.376 e. The van der Waals surface area contributed by atoms with Gasteiger partial charge in [0, 0.05) is 48.7 Å². The van der Waals surface area contributed by atoms with Crippen molar-refractivity contribution in [2.45, 2.75) is 44.6 Å². The van der Waals surface area contributed by atoms with E-state index in [0.717, 1.165) is 45.4 Å². The Morgan fingerprint density at radius 3 is 2.37 bits per heavy atom. The second-order valence-electron chi connectivity index (χ2n) is 9.11. The van der Waals surface area contributed by atoms with Gasteiger partial charge < -0.3 is 25.6 Å². The number of likely N-dealkylation sites (tertiary alicyclic amines) is 1. The number of amides is 3. The van der Waals surface area contributed by atoms with E-state index in [1.807, 2.05) is 11.0 Å². The molecule has 4 rings (SSSR count). The van der Waals surface area contributed by atoms with Gasteiger partial charge in [-0.3, -0.25) is 14.4 Å². The Morgan fingerprint density at radius 2 is 1.66 bits per heavy atom. The Morgan fingerprint density at radius 1 is 0.886 bits per heavy atom. The maximum atomic E-state index is 12.7. The minimum atomic E-state index is -0.218. The molecule has 8 heteroatoms. The van der Waals surface area contributed by atoms with Gasteiger partial charge in [0.05, 0.1) is 12.6 Å². The Hall–Kier alpha value is -3.39. The highest BCUT2D eigenvalue weighted by atomic mass is 16.5. The number of hydrogen-bond donors (Lipinski definition) is 3. The summed E-state index contributed by atoms with van der Waals surface area (Å²) < 4.78 is 5.54. The molecule has 2 saturated heterocycles. The molecule has 0 spiro atoms. The first-order valence-corrected chi connectivity index (χ1v) is 12.5. The predicted molar refractivity (Wildman–Crippen MR) is 136 cm³/mol. The zero-order chi connectivity index (χ0) is 24.5. The smallest absolute Gasteiger partial charge is 0.253 e. The number of ether oxygens (including phenoxy) is 1. The van der Waals surface area contributed by atoms with Crippen molar-refractivity contribution >= 4 is 29.1 Å². The van der Waals surface area contributed by atoms with E-state index in [0.29, 0.717) is 29.0 Å². The lowest BCUT2D eigenvalue weighted by Crippen LogP contribution is -2.31. The maximum absolute atomic E-state index is 12.7. The molecule has 186 valence electrons. The Bertz CT molecular complexity index is 1010. The van der Waals surface area contributed by atoms with Crippen molar-refractivity contribution in [1.82, 2.24) is 10.2 Å². The first kappa shape index (κ1) is 24.7. The number of nitrogens with zero attached hydrogens (tertiary/aromatic N) is 1. The monoisotopic (exact) mass is 478 g/mol. The summed E-state index contributed by atoms with van der Waals surface area (Å²) in [5.41, 5.74) is 2.48. The van der Waals surface area contributed by atoms with E-state index in [2.05, 4.69) is 16.0 Å². The highest BCUT2D eigenvalue weighted by Crippen LogP contribution is 2.16. The summed E-state index contributed by atoms with van der Waals surface area (Å²) in [5.74, 6) is -0.334. The van der Waals surface area contributed by atoms with E-state index in [1.54, 1.807) is 42.5 Å². The molecular weight excluding hydrogens is 444 g/mol. The fraction of sp³-hybridized carbons (Fsp3) is 0.444. The Kier molecular flexibility index (Phi) is 8.73. The van der Waals surface area contributed by atoms with Crippen molar-refractivity contribution < 1.29 is 19.1 Å². The van der Waals surface area contributed by atoms with Crippen LogP contribution < -0.4 is 16.0 Å². The zero-order valence-corrected chi connectivity index (χ0v) is 20.1. The zero-order valence-electron chi connectivity index (χ0n) is 20.1. The molecule has 2 aromatic rings. The van der Waals surface area contributed by atoms with Crippen molar-refractivity contribution in [3.63, 3.8) is 0 Å². The number of nitrogens with one attached hydrogen (secondary N) is 3. The third-order valence-corrected chi connectivity index (χ3v) is 6.40. The molecule has 2 aliphatic heterocycles. The summed E-state index contributed by atoms with van der Waals surface area (Å²) in [6.45, 7) is 2.92. The van der Waals surface area contributed by atoms with Crippen LogP contribution in [0.2, 0.25) is 0 Å². The highest BCUT2D eigenvalue weighted by molar-refractivity contribution is 5.97. The van der Waals surface area contributed by atoms with Gasteiger partial charge in [-0.05, 0) is 68.1 Å². The Labute approximate surface area is 206 Å². The van der Waals surface area contributed by atoms with Crippen molar-refractivity contribution in [2.75, 3.05) is 43.4 Å². The van der Waals surface area contributed by atoms with Crippen LogP contribution in [0.15, 0.2) is 48.5 Å². The lowest BCUT2D eigenvalue weighted by molar-refractivity contribution is -0.114. The van der Waals surface area contributed by atoms with E-state index < -0.39 is 0 Å². The number of hydrogen-bond acceptors (Lipinski definition) is 5. The normalized spacial score (nSPS) is 17.9. The minimum Gasteiger partial charge on any atom is -0.376 e. The van der Waals surface area contributed by atoms with Gasteiger partial charge in [-0.15, -0.1) is 0 Å². The van der Waals surface area contributed by atoms with E-state index >= 15 is 0 Å². The average Bonchev–Trinajstić information content (AvgIpc) is 3.26. The quantitative estimate of drug-likeness (QED) is 0.538. The molecule has 0 aromatic heterocycles. The second kappa shape index (κ2) is 12.4. The molecule has 35 heavy (non-hydrogen) atoms. The highest BCUT2D eigenvalue weighted by Gasteiger charge is 2.18. The van der Waals surface area contributed by atoms with Gasteiger partial charge in [-0.2, -0.15) is 0 Å². The summed E-state index contributed by atoms with van der Waals surface area (Å²) in [7, 11) is 0. The SMILES string of the molecule is O=C(CNc1cccc(C(=O)NCC2CCCO2)c1)Nc1ccc(C(=O)N2CCCCCC2)cc1. The van der Waals surface area contributed by atoms with Crippen molar-refractivity contribution in [2.24, 2.45) is 0 Å². The van der Waals surface area contributed by atoms with Crippen LogP contribution in [-0.2, 0) is 9.53 Å². The van der Waals surface area contributed by atoms with Gasteiger partial charge in [-0.1, -0.05) is 18.9 Å². The van der Waals surface area contributed by atoms with Crippen LogP contribution in [-0.4, -0.2) is 61.5 Å². The number of carbonyl (C=O) groups is 3. The van der Waals surface area contributed by atoms with Gasteiger partial charge in [0.25, 0.3) is 11.8 Å². The van der Waals surface area contributed by atoms with E-state index in [-0.39, 0.29) is 30.4 Å². The van der Waals surface area contributed by atoms with Crippen LogP contribution in [0.1, 0.15) is 59.2 Å². The van der Waals surface area contributed by atoms with Crippen LogP contribution in [0, 0.1) is 0 Å². The number of carbonyl (C=O) groups excluding carboxylic acids is 3. The number of rotatable bonds is 8. The maximum Gasteiger partial charge on any atom is 0.253 e. The molecule has 2 aliphatic rings. The van der Waals surface area contributed by atoms with Gasteiger partial charge in [0.15, 0.2) is 0 Å². The van der Waals surface area contributed by atoms with Gasteiger partial charge in [0.1, 0.15) is 0 Å². The van der Waals surface area contributed by atoms with Gasteiger partial charge >= 0.3 is 0 Å². The molecule has 0 radical (unpaired) electrons. The van der Waals surface area contributed by atoms with Crippen LogP contribution in [0.5, 0.6) is 0 Å². The van der Waals surface area contributed by atoms with Crippen molar-refractivity contribution in [3.05, 3.63) is 59.7 Å². The third kappa shape index (κ3) is 7.29. The van der Waals surface area contributed by atoms with Gasteiger partial charge in [0.2, 0.25) is 5.91 Å².